The largest absolute Gasteiger partial charge is 0.322 e. The van der Waals surface area contributed by atoms with Crippen molar-refractivity contribution < 1.29 is 0 Å². The maximum Gasteiger partial charge on any atom is 0.138 e. The summed E-state index contributed by atoms with van der Waals surface area (Å²) in [6.07, 6.45) is 2.17. The van der Waals surface area contributed by atoms with Gasteiger partial charge in [0, 0.05) is 5.92 Å². The molecule has 5 N–H and O–H groups in total. The molecule has 10 heavy (non-hydrogen) atoms. The second-order valence-corrected chi connectivity index (χ2v) is 2.35. The van der Waals surface area contributed by atoms with Gasteiger partial charge in [-0.15, -0.1) is 0 Å². The lowest BCUT2D eigenvalue weighted by Gasteiger charge is -2.10. The number of hydrogen-bond acceptors (Lipinski definition) is 3. The van der Waals surface area contributed by atoms with Crippen LogP contribution >= 0.6 is 0 Å². The fourth-order valence-electron chi connectivity index (χ4n) is 0.876. The average Bonchev–Trinajstić information content (AvgIpc) is 1.91. The molecule has 0 aromatic carbocycles. The van der Waals surface area contributed by atoms with Crippen molar-refractivity contribution in [1.29, 1.82) is 0 Å². The predicted octanol–water partition coefficient (Wildman–Crippen LogP) is 0.158. The maximum atomic E-state index is 5.15. The highest BCUT2D eigenvalue weighted by atomic mass is 15.3. The van der Waals surface area contributed by atoms with Crippen LogP contribution in [0.2, 0.25) is 0 Å². The van der Waals surface area contributed by atoms with Crippen LogP contribution in [0.15, 0.2) is 5.10 Å². The Hall–Kier alpha value is -0.770. The van der Waals surface area contributed by atoms with Crippen molar-refractivity contribution in [3.05, 3.63) is 0 Å². The van der Waals surface area contributed by atoms with Crippen molar-refractivity contribution in [3.63, 3.8) is 0 Å². The molecule has 0 aromatic rings. The van der Waals surface area contributed by atoms with E-state index in [-0.39, 0.29) is 0 Å². The molecule has 1 unspecified atom stereocenters. The van der Waals surface area contributed by atoms with E-state index in [1.807, 2.05) is 6.92 Å². The first-order chi connectivity index (χ1) is 4.76. The fourth-order valence-corrected chi connectivity index (χ4v) is 0.876. The molecular formula is C6H16N4. The van der Waals surface area contributed by atoms with Crippen LogP contribution in [0.1, 0.15) is 26.7 Å². The Balaban J connectivity index is 3.77. The second-order valence-electron chi connectivity index (χ2n) is 2.35. The monoisotopic (exact) mass is 144 g/mol. The predicted molar refractivity (Wildman–Crippen MR) is 43.0 cm³/mol. The summed E-state index contributed by atoms with van der Waals surface area (Å²) in [7, 11) is 0. The van der Waals surface area contributed by atoms with E-state index in [1.165, 1.54) is 0 Å². The molecule has 0 saturated carbocycles. The van der Waals surface area contributed by atoms with Gasteiger partial charge < -0.3 is 11.3 Å². The molecule has 4 nitrogen and oxygen atoms in total. The Labute approximate surface area is 61.6 Å². The van der Waals surface area contributed by atoms with Crippen molar-refractivity contribution in [1.82, 2.24) is 5.43 Å². The maximum absolute atomic E-state index is 5.15. The van der Waals surface area contributed by atoms with Crippen molar-refractivity contribution in [2.75, 3.05) is 0 Å². The zero-order valence-electron chi connectivity index (χ0n) is 6.59. The zero-order chi connectivity index (χ0) is 7.98. The molecule has 0 bridgehead atoms. The van der Waals surface area contributed by atoms with Crippen LogP contribution in [-0.2, 0) is 0 Å². The molecule has 0 spiro atoms. The van der Waals surface area contributed by atoms with Gasteiger partial charge in [-0.3, -0.25) is 0 Å². The number of rotatable bonds is 3. The third kappa shape index (κ3) is 2.68. The summed E-state index contributed by atoms with van der Waals surface area (Å²) in [5.41, 5.74) is 2.46. The van der Waals surface area contributed by atoms with E-state index in [9.17, 15) is 0 Å². The van der Waals surface area contributed by atoms with E-state index < -0.39 is 0 Å². The molecule has 60 valence electrons. The lowest BCUT2D eigenvalue weighted by atomic mass is 10.1. The van der Waals surface area contributed by atoms with E-state index >= 15 is 0 Å². The van der Waals surface area contributed by atoms with Gasteiger partial charge in [-0.1, -0.05) is 20.3 Å². The number of hydrazone groups is 1. The molecule has 0 aliphatic rings. The number of hydrazine groups is 1. The Morgan fingerprint density at radius 2 is 2.30 bits per heavy atom. The first-order valence-corrected chi connectivity index (χ1v) is 3.50. The van der Waals surface area contributed by atoms with Gasteiger partial charge in [0.25, 0.3) is 0 Å². The normalized spacial score (nSPS) is 14.9. The smallest absolute Gasteiger partial charge is 0.138 e. The lowest BCUT2D eigenvalue weighted by molar-refractivity contribution is 0.642. The van der Waals surface area contributed by atoms with Crippen LogP contribution in [0.3, 0.4) is 0 Å². The second kappa shape index (κ2) is 5.05. The Morgan fingerprint density at radius 1 is 1.70 bits per heavy atom. The molecule has 0 aromatic heterocycles. The highest BCUT2D eigenvalue weighted by Crippen LogP contribution is 2.04. The van der Waals surface area contributed by atoms with Gasteiger partial charge in [0.15, 0.2) is 0 Å². The van der Waals surface area contributed by atoms with Gasteiger partial charge in [-0.2, -0.15) is 5.10 Å². The minimum atomic E-state index is 0.333. The Kier molecular flexibility index (Phi) is 4.66. The molecule has 0 amide bonds. The molecule has 4 heteroatoms. The summed E-state index contributed by atoms with van der Waals surface area (Å²) in [4.78, 5) is 0. The summed E-state index contributed by atoms with van der Waals surface area (Å²) in [5.74, 6) is 11.2. The first kappa shape index (κ1) is 9.23. The third-order valence-corrected chi connectivity index (χ3v) is 1.48. The van der Waals surface area contributed by atoms with Gasteiger partial charge in [0.05, 0.1) is 0 Å². The standard InChI is InChI=1S/C6H16N4/c1-3-4-5(2)6(9-7)10-8/h5H,3-4,7-8H2,1-2H3,(H,9,10). The minimum Gasteiger partial charge on any atom is -0.322 e. The summed E-state index contributed by atoms with van der Waals surface area (Å²) >= 11 is 0. The van der Waals surface area contributed by atoms with Gasteiger partial charge in [0.2, 0.25) is 0 Å². The van der Waals surface area contributed by atoms with Gasteiger partial charge >= 0.3 is 0 Å². The molecule has 0 radical (unpaired) electrons. The summed E-state index contributed by atoms with van der Waals surface area (Å²) in [6.45, 7) is 4.15. The van der Waals surface area contributed by atoms with Gasteiger partial charge in [-0.05, 0) is 6.42 Å². The molecule has 1 atom stereocenters. The van der Waals surface area contributed by atoms with Crippen LogP contribution in [-0.4, -0.2) is 5.84 Å². The summed E-state index contributed by atoms with van der Waals surface area (Å²) < 4.78 is 0. The number of nitrogens with zero attached hydrogens (tertiary/aromatic N) is 1. The first-order valence-electron chi connectivity index (χ1n) is 3.50. The van der Waals surface area contributed by atoms with Crippen LogP contribution in [0.5, 0.6) is 0 Å². The molecule has 0 rings (SSSR count). The van der Waals surface area contributed by atoms with E-state index in [4.69, 9.17) is 11.7 Å². The topological polar surface area (TPSA) is 76.4 Å². The lowest BCUT2D eigenvalue weighted by Crippen LogP contribution is -2.35. The van der Waals surface area contributed by atoms with E-state index in [0.717, 1.165) is 12.8 Å². The Morgan fingerprint density at radius 3 is 2.60 bits per heavy atom. The van der Waals surface area contributed by atoms with Gasteiger partial charge in [0.1, 0.15) is 5.84 Å². The average molecular weight is 144 g/mol. The van der Waals surface area contributed by atoms with Crippen LogP contribution in [0, 0.1) is 5.92 Å². The molecule has 0 heterocycles. The van der Waals surface area contributed by atoms with Crippen molar-refractivity contribution in [3.8, 4) is 0 Å². The molecule has 0 aliphatic carbocycles. The SMILES string of the molecule is CCCC(C)/C(=N/N)NN. The van der Waals surface area contributed by atoms with Crippen molar-refractivity contribution in [2.24, 2.45) is 22.7 Å². The quantitative estimate of drug-likeness (QED) is 0.228. The van der Waals surface area contributed by atoms with Crippen LogP contribution in [0.4, 0.5) is 0 Å². The van der Waals surface area contributed by atoms with Gasteiger partial charge in [-0.25, -0.2) is 5.84 Å². The number of nitrogens with two attached hydrogens (primary N) is 2. The van der Waals surface area contributed by atoms with Crippen LogP contribution < -0.4 is 17.1 Å². The molecule has 0 saturated heterocycles. The zero-order valence-corrected chi connectivity index (χ0v) is 6.59. The summed E-state index contributed by atoms with van der Waals surface area (Å²) in [5, 5.41) is 3.51. The van der Waals surface area contributed by atoms with Crippen LogP contribution in [0.25, 0.3) is 0 Å². The highest BCUT2D eigenvalue weighted by molar-refractivity contribution is 5.83. The molecule has 0 fully saturated rings. The fraction of sp³-hybridized carbons (Fsp3) is 0.833. The summed E-state index contributed by atoms with van der Waals surface area (Å²) in [6, 6.07) is 0. The number of amidine groups is 1. The molecule has 0 aliphatic heterocycles. The molecular weight excluding hydrogens is 128 g/mol. The van der Waals surface area contributed by atoms with Crippen molar-refractivity contribution >= 4 is 5.84 Å². The van der Waals surface area contributed by atoms with E-state index in [1.54, 1.807) is 0 Å². The third-order valence-electron chi connectivity index (χ3n) is 1.48. The van der Waals surface area contributed by atoms with E-state index in [0.29, 0.717) is 11.8 Å². The van der Waals surface area contributed by atoms with E-state index in [2.05, 4.69) is 17.5 Å². The van der Waals surface area contributed by atoms with Crippen molar-refractivity contribution in [2.45, 2.75) is 26.7 Å². The minimum absolute atomic E-state index is 0.333. The number of nitrogens with one attached hydrogen (secondary N) is 1. The Bertz CT molecular complexity index is 110. The number of hydrogen-bond donors (Lipinski definition) is 3. The highest BCUT2D eigenvalue weighted by Gasteiger charge is 2.06.